The summed E-state index contributed by atoms with van der Waals surface area (Å²) in [5, 5.41) is 0. The molecular formula is C24H48. The molecule has 0 heteroatoms. The molecule has 0 nitrogen and oxygen atoms in total. The van der Waals surface area contributed by atoms with Gasteiger partial charge in [-0.25, -0.2) is 0 Å². The van der Waals surface area contributed by atoms with Crippen molar-refractivity contribution in [2.75, 3.05) is 0 Å². The van der Waals surface area contributed by atoms with E-state index in [1.165, 1.54) is 116 Å². The zero-order valence-electron chi connectivity index (χ0n) is 17.5. The summed E-state index contributed by atoms with van der Waals surface area (Å²) in [6.45, 7) is 6.96. The molecule has 0 radical (unpaired) electrons. The van der Waals surface area contributed by atoms with Crippen molar-refractivity contribution in [1.82, 2.24) is 0 Å². The minimum absolute atomic E-state index is 0.892. The molecule has 24 heavy (non-hydrogen) atoms. The van der Waals surface area contributed by atoms with E-state index in [2.05, 4.69) is 32.9 Å². The normalized spacial score (nSPS) is 11.8. The van der Waals surface area contributed by atoms with E-state index < -0.39 is 0 Å². The van der Waals surface area contributed by atoms with Gasteiger partial charge in [-0.3, -0.25) is 0 Å². The third-order valence-electron chi connectivity index (χ3n) is 5.04. The molecule has 0 bridgehead atoms. The van der Waals surface area contributed by atoms with E-state index in [-0.39, 0.29) is 0 Å². The highest BCUT2D eigenvalue weighted by Crippen LogP contribution is 2.13. The number of rotatable bonds is 19. The summed E-state index contributed by atoms with van der Waals surface area (Å²) in [7, 11) is 0. The largest absolute Gasteiger partial charge is 0.0885 e. The quantitative estimate of drug-likeness (QED) is 0.163. The fourth-order valence-corrected chi connectivity index (χ4v) is 3.33. The van der Waals surface area contributed by atoms with Crippen LogP contribution < -0.4 is 0 Å². The highest BCUT2D eigenvalue weighted by molar-refractivity contribution is 4.81. The van der Waals surface area contributed by atoms with Gasteiger partial charge in [0.25, 0.3) is 0 Å². The molecule has 0 N–H and O–H groups in total. The third kappa shape index (κ3) is 21.7. The van der Waals surface area contributed by atoms with Crippen molar-refractivity contribution in [3.63, 3.8) is 0 Å². The lowest BCUT2D eigenvalue weighted by Gasteiger charge is -2.04. The minimum atomic E-state index is 0.892. The van der Waals surface area contributed by atoms with Gasteiger partial charge in [-0.15, -0.1) is 0 Å². The zero-order valence-corrected chi connectivity index (χ0v) is 17.5. The smallest absolute Gasteiger partial charge is 0.0351 e. The van der Waals surface area contributed by atoms with Gasteiger partial charge in [-0.05, 0) is 31.6 Å². The van der Waals surface area contributed by atoms with Gasteiger partial charge >= 0.3 is 0 Å². The van der Waals surface area contributed by atoms with Crippen molar-refractivity contribution in [3.05, 3.63) is 12.2 Å². The van der Waals surface area contributed by atoms with Crippen molar-refractivity contribution in [3.8, 4) is 0 Å². The Morgan fingerprint density at radius 1 is 0.500 bits per heavy atom. The first kappa shape index (κ1) is 23.7. The van der Waals surface area contributed by atoms with Crippen LogP contribution in [0.15, 0.2) is 12.2 Å². The molecule has 0 saturated heterocycles. The first-order chi connectivity index (χ1) is 11.8. The van der Waals surface area contributed by atoms with Crippen molar-refractivity contribution in [2.45, 2.75) is 136 Å². The molecule has 0 unspecified atom stereocenters. The van der Waals surface area contributed by atoms with Crippen LogP contribution in [0.2, 0.25) is 0 Å². The van der Waals surface area contributed by atoms with Gasteiger partial charge in [0.05, 0.1) is 0 Å². The maximum absolute atomic E-state index is 2.43. The van der Waals surface area contributed by atoms with Crippen LogP contribution in [0.25, 0.3) is 0 Å². The molecule has 0 aliphatic rings. The van der Waals surface area contributed by atoms with Gasteiger partial charge in [-0.1, -0.05) is 123 Å². The maximum atomic E-state index is 2.43. The molecule has 144 valence electrons. The zero-order chi connectivity index (χ0) is 17.7. The molecule has 0 fully saturated rings. The van der Waals surface area contributed by atoms with E-state index >= 15 is 0 Å². The van der Waals surface area contributed by atoms with Gasteiger partial charge in [0.1, 0.15) is 0 Å². The van der Waals surface area contributed by atoms with E-state index in [1.807, 2.05) is 0 Å². The lowest BCUT2D eigenvalue weighted by molar-refractivity contribution is 0.507. The number of hydrogen-bond donors (Lipinski definition) is 0. The summed E-state index contributed by atoms with van der Waals surface area (Å²) in [5.74, 6) is 0.892. The van der Waals surface area contributed by atoms with Crippen LogP contribution >= 0.6 is 0 Å². The lowest BCUT2D eigenvalue weighted by atomic mass is 10.0. The van der Waals surface area contributed by atoms with Crippen LogP contribution in [0.1, 0.15) is 136 Å². The van der Waals surface area contributed by atoms with Gasteiger partial charge < -0.3 is 0 Å². The summed E-state index contributed by atoms with van der Waals surface area (Å²) in [6.07, 6.45) is 30.5. The molecule has 0 atom stereocenters. The third-order valence-corrected chi connectivity index (χ3v) is 5.04. The molecule has 0 amide bonds. The van der Waals surface area contributed by atoms with Crippen molar-refractivity contribution in [1.29, 1.82) is 0 Å². The van der Waals surface area contributed by atoms with Gasteiger partial charge in [-0.2, -0.15) is 0 Å². The molecule has 0 aromatic rings. The summed E-state index contributed by atoms with van der Waals surface area (Å²) in [5.41, 5.74) is 0. The lowest BCUT2D eigenvalue weighted by Crippen LogP contribution is -1.87. The Morgan fingerprint density at radius 2 is 0.875 bits per heavy atom. The molecule has 0 aromatic heterocycles. The molecule has 0 heterocycles. The van der Waals surface area contributed by atoms with E-state index in [0.717, 1.165) is 5.92 Å². The predicted octanol–water partition coefficient (Wildman–Crippen LogP) is 9.24. The van der Waals surface area contributed by atoms with Crippen molar-refractivity contribution >= 4 is 0 Å². The average molecular weight is 337 g/mol. The van der Waals surface area contributed by atoms with Crippen LogP contribution in [0.3, 0.4) is 0 Å². The second kappa shape index (κ2) is 20.8. The SMILES string of the molecule is CCCCCCCCCC=CCCCCCCCCCCC(C)C. The standard InChI is InChI=1S/C24H48/c1-4-5-6-7-8-9-10-11-12-13-14-15-16-17-18-19-20-21-22-23-24(2)3/h12-13,24H,4-11,14-23H2,1-3H3. The summed E-state index contributed by atoms with van der Waals surface area (Å²) >= 11 is 0. The number of unbranched alkanes of at least 4 members (excludes halogenated alkanes) is 15. The molecule has 0 rings (SSSR count). The molecule has 0 aliphatic heterocycles. The molecule has 0 spiro atoms. The Kier molecular flexibility index (Phi) is 20.6. The molecule has 0 aromatic carbocycles. The Labute approximate surface area is 154 Å². The second-order valence-corrected chi connectivity index (χ2v) is 8.18. The molecule has 0 aliphatic carbocycles. The Morgan fingerprint density at radius 3 is 1.29 bits per heavy atom. The van der Waals surface area contributed by atoms with E-state index in [9.17, 15) is 0 Å². The average Bonchev–Trinajstić information content (AvgIpc) is 2.56. The van der Waals surface area contributed by atoms with Gasteiger partial charge in [0, 0.05) is 0 Å². The monoisotopic (exact) mass is 336 g/mol. The van der Waals surface area contributed by atoms with Crippen LogP contribution in [-0.2, 0) is 0 Å². The van der Waals surface area contributed by atoms with E-state index in [4.69, 9.17) is 0 Å². The highest BCUT2D eigenvalue weighted by atomic mass is 14.0. The fourth-order valence-electron chi connectivity index (χ4n) is 3.33. The highest BCUT2D eigenvalue weighted by Gasteiger charge is 1.95. The molecular weight excluding hydrogens is 288 g/mol. The summed E-state index contributed by atoms with van der Waals surface area (Å²) in [4.78, 5) is 0. The van der Waals surface area contributed by atoms with Crippen molar-refractivity contribution in [2.24, 2.45) is 5.92 Å². The maximum Gasteiger partial charge on any atom is -0.0351 e. The number of allylic oxidation sites excluding steroid dienone is 2. The second-order valence-electron chi connectivity index (χ2n) is 8.18. The Hall–Kier alpha value is -0.260. The van der Waals surface area contributed by atoms with Crippen LogP contribution in [-0.4, -0.2) is 0 Å². The van der Waals surface area contributed by atoms with Crippen LogP contribution in [0.5, 0.6) is 0 Å². The first-order valence-corrected chi connectivity index (χ1v) is 11.4. The van der Waals surface area contributed by atoms with Gasteiger partial charge in [0.2, 0.25) is 0 Å². The Bertz CT molecular complexity index is 238. The fraction of sp³-hybridized carbons (Fsp3) is 0.917. The van der Waals surface area contributed by atoms with Gasteiger partial charge in [0.15, 0.2) is 0 Å². The topological polar surface area (TPSA) is 0 Å². The first-order valence-electron chi connectivity index (χ1n) is 11.4. The summed E-state index contributed by atoms with van der Waals surface area (Å²) in [6, 6.07) is 0. The van der Waals surface area contributed by atoms with E-state index in [1.54, 1.807) is 0 Å². The van der Waals surface area contributed by atoms with E-state index in [0.29, 0.717) is 0 Å². The van der Waals surface area contributed by atoms with Crippen LogP contribution in [0, 0.1) is 5.92 Å². The minimum Gasteiger partial charge on any atom is -0.0885 e. The van der Waals surface area contributed by atoms with Crippen LogP contribution in [0.4, 0.5) is 0 Å². The number of hydrogen-bond acceptors (Lipinski definition) is 0. The summed E-state index contributed by atoms with van der Waals surface area (Å²) < 4.78 is 0. The molecule has 0 saturated carbocycles. The van der Waals surface area contributed by atoms with Crippen molar-refractivity contribution < 1.29 is 0 Å². The Balaban J connectivity index is 3.06. The predicted molar refractivity (Wildman–Crippen MR) is 113 cm³/mol.